The Kier molecular flexibility index (Phi) is 7.65. The second-order valence-electron chi connectivity index (χ2n) is 4.97. The van der Waals surface area contributed by atoms with Gasteiger partial charge in [-0.15, -0.1) is 0 Å². The van der Waals surface area contributed by atoms with Gasteiger partial charge in [0.05, 0.1) is 5.25 Å². The minimum atomic E-state index is -0.192. The second kappa shape index (κ2) is 9.00. The number of rotatable bonds is 9. The Labute approximate surface area is 124 Å². The molecule has 1 rings (SSSR count). The first-order valence-corrected chi connectivity index (χ1v) is 8.52. The Morgan fingerprint density at radius 2 is 2.10 bits per heavy atom. The Hall–Kier alpha value is -1.04. The highest BCUT2D eigenvalue weighted by molar-refractivity contribution is 8.00. The fraction of sp³-hybridized carbons (Fsp3) is 0.786. The van der Waals surface area contributed by atoms with E-state index in [1.54, 1.807) is 0 Å². The molecule has 0 aromatic heterocycles. The number of carbonyl (C=O) groups excluding carboxylic acids is 3. The number of nitrogens with one attached hydrogen (secondary N) is 1. The largest absolute Gasteiger partial charge is 0.356 e. The van der Waals surface area contributed by atoms with Crippen molar-refractivity contribution in [2.24, 2.45) is 0 Å². The van der Waals surface area contributed by atoms with Gasteiger partial charge in [-0.3, -0.25) is 19.3 Å². The van der Waals surface area contributed by atoms with Gasteiger partial charge in [0.15, 0.2) is 0 Å². The maximum Gasteiger partial charge on any atom is 0.242 e. The molecule has 1 aliphatic rings. The molecule has 3 amide bonds. The number of hydrogen-bond donors (Lipinski definition) is 1. The van der Waals surface area contributed by atoms with E-state index in [9.17, 15) is 14.4 Å². The molecule has 20 heavy (non-hydrogen) atoms. The maximum absolute atomic E-state index is 11.9. The van der Waals surface area contributed by atoms with Crippen LogP contribution in [0.1, 0.15) is 45.4 Å². The molecule has 1 heterocycles. The van der Waals surface area contributed by atoms with Crippen molar-refractivity contribution < 1.29 is 14.4 Å². The monoisotopic (exact) mass is 300 g/mol. The third-order valence-electron chi connectivity index (χ3n) is 3.34. The van der Waals surface area contributed by atoms with E-state index in [1.165, 1.54) is 16.7 Å². The lowest BCUT2D eigenvalue weighted by atomic mass is 10.2. The SMILES string of the molecule is CCCNC(=O)CCCCCN1C(=O)CC(SC)C1=O. The highest BCUT2D eigenvalue weighted by Crippen LogP contribution is 2.23. The fourth-order valence-corrected chi connectivity index (χ4v) is 2.80. The summed E-state index contributed by atoms with van der Waals surface area (Å²) < 4.78 is 0. The minimum absolute atomic E-state index is 0.0526. The number of likely N-dealkylation sites (tertiary alicyclic amines) is 1. The van der Waals surface area contributed by atoms with Crippen LogP contribution in [0.3, 0.4) is 0 Å². The zero-order valence-electron chi connectivity index (χ0n) is 12.3. The Morgan fingerprint density at radius 3 is 2.70 bits per heavy atom. The van der Waals surface area contributed by atoms with Crippen molar-refractivity contribution in [2.75, 3.05) is 19.3 Å². The van der Waals surface area contributed by atoms with Gasteiger partial charge < -0.3 is 5.32 Å². The van der Waals surface area contributed by atoms with Crippen LogP contribution in [-0.4, -0.2) is 47.2 Å². The van der Waals surface area contributed by atoms with Crippen LogP contribution in [0.25, 0.3) is 0 Å². The highest BCUT2D eigenvalue weighted by Gasteiger charge is 2.37. The van der Waals surface area contributed by atoms with E-state index >= 15 is 0 Å². The standard InChI is InChI=1S/C14H24N2O3S/c1-3-8-15-12(17)7-5-4-6-9-16-13(18)10-11(20-2)14(16)19/h11H,3-10H2,1-2H3,(H,15,17). The number of carbonyl (C=O) groups is 3. The summed E-state index contributed by atoms with van der Waals surface area (Å²) in [4.78, 5) is 36.3. The molecule has 1 saturated heterocycles. The molecule has 1 N–H and O–H groups in total. The molecule has 0 aromatic rings. The lowest BCUT2D eigenvalue weighted by Crippen LogP contribution is -2.32. The molecule has 0 bridgehead atoms. The topological polar surface area (TPSA) is 66.5 Å². The van der Waals surface area contributed by atoms with E-state index in [2.05, 4.69) is 5.32 Å². The normalized spacial score (nSPS) is 18.7. The summed E-state index contributed by atoms with van der Waals surface area (Å²) in [5.74, 6) is -0.0270. The van der Waals surface area contributed by atoms with Crippen LogP contribution in [0.4, 0.5) is 0 Å². The molecule has 1 unspecified atom stereocenters. The van der Waals surface area contributed by atoms with Crippen molar-refractivity contribution >= 4 is 29.5 Å². The molecular weight excluding hydrogens is 276 g/mol. The van der Waals surface area contributed by atoms with Crippen LogP contribution < -0.4 is 5.32 Å². The van der Waals surface area contributed by atoms with E-state index in [1.807, 2.05) is 13.2 Å². The third kappa shape index (κ3) is 5.15. The number of hydrogen-bond acceptors (Lipinski definition) is 4. The van der Waals surface area contributed by atoms with Gasteiger partial charge in [0, 0.05) is 25.9 Å². The number of imide groups is 1. The van der Waals surface area contributed by atoms with Crippen LogP contribution in [0, 0.1) is 0 Å². The van der Waals surface area contributed by atoms with Crippen LogP contribution in [0.2, 0.25) is 0 Å². The van der Waals surface area contributed by atoms with Gasteiger partial charge in [0.25, 0.3) is 0 Å². The summed E-state index contributed by atoms with van der Waals surface area (Å²) >= 11 is 1.44. The molecule has 0 spiro atoms. The average Bonchev–Trinajstić information content (AvgIpc) is 2.71. The molecule has 0 aliphatic carbocycles. The Morgan fingerprint density at radius 1 is 1.35 bits per heavy atom. The predicted octanol–water partition coefficient (Wildman–Crippen LogP) is 1.56. The Bertz CT molecular complexity index is 360. The molecule has 0 aromatic carbocycles. The smallest absolute Gasteiger partial charge is 0.242 e. The fourth-order valence-electron chi connectivity index (χ4n) is 2.16. The van der Waals surface area contributed by atoms with E-state index in [-0.39, 0.29) is 23.0 Å². The highest BCUT2D eigenvalue weighted by atomic mass is 32.2. The van der Waals surface area contributed by atoms with Crippen LogP contribution in [0.5, 0.6) is 0 Å². The number of nitrogens with zero attached hydrogens (tertiary/aromatic N) is 1. The molecule has 1 aliphatic heterocycles. The number of amides is 3. The average molecular weight is 300 g/mol. The van der Waals surface area contributed by atoms with Crippen LogP contribution >= 0.6 is 11.8 Å². The van der Waals surface area contributed by atoms with Gasteiger partial charge in [-0.25, -0.2) is 0 Å². The first-order valence-electron chi connectivity index (χ1n) is 7.23. The van der Waals surface area contributed by atoms with Crippen molar-refractivity contribution in [3.63, 3.8) is 0 Å². The van der Waals surface area contributed by atoms with Gasteiger partial charge in [-0.05, 0) is 25.5 Å². The summed E-state index contributed by atoms with van der Waals surface area (Å²) in [6.45, 7) is 3.24. The first kappa shape index (κ1) is 17.0. The van der Waals surface area contributed by atoms with Crippen molar-refractivity contribution in [1.82, 2.24) is 10.2 Å². The van der Waals surface area contributed by atoms with Crippen LogP contribution in [0.15, 0.2) is 0 Å². The third-order valence-corrected chi connectivity index (χ3v) is 4.28. The van der Waals surface area contributed by atoms with Crippen molar-refractivity contribution in [2.45, 2.75) is 50.7 Å². The summed E-state index contributed by atoms with van der Waals surface area (Å²) in [6, 6.07) is 0. The first-order chi connectivity index (χ1) is 9.60. The van der Waals surface area contributed by atoms with E-state index in [0.29, 0.717) is 19.4 Å². The zero-order chi connectivity index (χ0) is 15.0. The van der Waals surface area contributed by atoms with Crippen molar-refractivity contribution in [1.29, 1.82) is 0 Å². The molecule has 0 saturated carbocycles. The molecule has 5 nitrogen and oxygen atoms in total. The number of unbranched alkanes of at least 4 members (excludes halogenated alkanes) is 2. The zero-order valence-corrected chi connectivity index (χ0v) is 13.1. The molecule has 114 valence electrons. The molecule has 1 atom stereocenters. The number of thioether (sulfide) groups is 1. The molecular formula is C14H24N2O3S. The van der Waals surface area contributed by atoms with Gasteiger partial charge in [0.2, 0.25) is 17.7 Å². The van der Waals surface area contributed by atoms with Crippen molar-refractivity contribution in [3.8, 4) is 0 Å². The summed E-state index contributed by atoms with van der Waals surface area (Å²) in [5.41, 5.74) is 0. The Balaban J connectivity index is 2.14. The van der Waals surface area contributed by atoms with Gasteiger partial charge in [-0.1, -0.05) is 13.3 Å². The van der Waals surface area contributed by atoms with E-state index < -0.39 is 0 Å². The lowest BCUT2D eigenvalue weighted by Gasteiger charge is -2.14. The maximum atomic E-state index is 11.9. The van der Waals surface area contributed by atoms with Crippen molar-refractivity contribution in [3.05, 3.63) is 0 Å². The summed E-state index contributed by atoms with van der Waals surface area (Å²) in [5, 5.41) is 2.64. The van der Waals surface area contributed by atoms with Gasteiger partial charge in [0.1, 0.15) is 0 Å². The van der Waals surface area contributed by atoms with E-state index in [4.69, 9.17) is 0 Å². The van der Waals surface area contributed by atoms with E-state index in [0.717, 1.165) is 32.2 Å². The predicted molar refractivity (Wildman–Crippen MR) is 80.4 cm³/mol. The molecule has 1 fully saturated rings. The molecule has 6 heteroatoms. The summed E-state index contributed by atoms with van der Waals surface area (Å²) in [7, 11) is 0. The second-order valence-corrected chi connectivity index (χ2v) is 6.01. The quantitative estimate of drug-likeness (QED) is 0.518. The lowest BCUT2D eigenvalue weighted by molar-refractivity contribution is -0.138. The molecule has 0 radical (unpaired) electrons. The van der Waals surface area contributed by atoms with Gasteiger partial charge in [-0.2, -0.15) is 11.8 Å². The minimum Gasteiger partial charge on any atom is -0.356 e. The summed E-state index contributed by atoms with van der Waals surface area (Å²) in [6.07, 6.45) is 6.10. The van der Waals surface area contributed by atoms with Gasteiger partial charge >= 0.3 is 0 Å². The van der Waals surface area contributed by atoms with Crippen LogP contribution in [-0.2, 0) is 14.4 Å².